The van der Waals surface area contributed by atoms with Crippen LogP contribution in [0.5, 0.6) is 0 Å². The van der Waals surface area contributed by atoms with Crippen molar-refractivity contribution in [3.8, 4) is 0 Å². The molecule has 38 heavy (non-hydrogen) atoms. The monoisotopic (exact) mass is 556 g/mol. The van der Waals surface area contributed by atoms with E-state index >= 15 is 0 Å². The zero-order chi connectivity index (χ0) is 27.6. The Hall–Kier alpha value is -2.47. The van der Waals surface area contributed by atoms with E-state index in [1.165, 1.54) is 32.9 Å². The van der Waals surface area contributed by atoms with Crippen LogP contribution in [0.4, 0.5) is 0 Å². The molecule has 16 heteroatoms. The lowest BCUT2D eigenvalue weighted by Crippen LogP contribution is -2.66. The first kappa shape index (κ1) is 28.5. The van der Waals surface area contributed by atoms with E-state index in [-0.39, 0.29) is 67.6 Å². The Kier molecular flexibility index (Phi) is 9.12. The molecule has 0 bridgehead atoms. The van der Waals surface area contributed by atoms with Crippen molar-refractivity contribution < 1.29 is 34.8 Å². The van der Waals surface area contributed by atoms with Crippen LogP contribution in [0.25, 0.3) is 0 Å². The highest BCUT2D eigenvalue weighted by Crippen LogP contribution is 2.51. The van der Waals surface area contributed by atoms with Crippen LogP contribution in [0.2, 0.25) is 0 Å². The predicted octanol–water partition coefficient (Wildman–Crippen LogP) is -3.40. The number of β-lactam (4-membered cyclic amide) rings is 1. The first-order valence-corrected chi connectivity index (χ1v) is 13.5. The zero-order valence-electron chi connectivity index (χ0n) is 21.3. The Bertz CT molecular complexity index is 977. The summed E-state index contributed by atoms with van der Waals surface area (Å²) in [5.41, 5.74) is 5.24. The molecule has 2 amide bonds. The highest BCUT2D eigenvalue weighted by Gasteiger charge is 2.60. The molecule has 0 saturated carbocycles. The van der Waals surface area contributed by atoms with Crippen molar-refractivity contribution in [3.05, 3.63) is 10.6 Å². The Labute approximate surface area is 224 Å². The number of nitrogens with zero attached hydrogens (tertiary/aromatic N) is 4. The Morgan fingerprint density at radius 2 is 2.03 bits per heavy atom. The predicted molar refractivity (Wildman–Crippen MR) is 137 cm³/mol. The number of aliphatic hydroxyl groups excluding tert-OH is 3. The molecule has 0 aromatic rings. The van der Waals surface area contributed by atoms with Crippen molar-refractivity contribution in [3.63, 3.8) is 0 Å². The fourth-order valence-electron chi connectivity index (χ4n) is 5.61. The number of hydrogen-bond donors (Lipinski definition) is 8. The average Bonchev–Trinajstić information content (AvgIpc) is 3.59. The lowest BCUT2D eigenvalue weighted by Gasteiger charge is -2.48. The number of carboxylic acids is 1. The molecule has 2 saturated heterocycles. The molecule has 4 aliphatic heterocycles. The topological polar surface area (TPSA) is 202 Å². The molecule has 2 fully saturated rings. The number of aliphatic hydroxyl groups is 3. The molecule has 15 nitrogen and oxygen atoms in total. The first-order chi connectivity index (χ1) is 18.2. The van der Waals surface area contributed by atoms with Crippen molar-refractivity contribution in [1.82, 2.24) is 36.5 Å². The maximum atomic E-state index is 13.1. The van der Waals surface area contributed by atoms with E-state index in [1.807, 2.05) is 6.92 Å². The third-order valence-corrected chi connectivity index (χ3v) is 8.86. The summed E-state index contributed by atoms with van der Waals surface area (Å²) >= 11 is 1.38. The zero-order valence-corrected chi connectivity index (χ0v) is 22.1. The van der Waals surface area contributed by atoms with Crippen LogP contribution < -0.4 is 21.7 Å². The highest BCUT2D eigenvalue weighted by atomic mass is 32.2. The molecular formula is C22H36N8O7S. The van der Waals surface area contributed by atoms with Crippen LogP contribution in [-0.2, 0) is 14.4 Å². The van der Waals surface area contributed by atoms with Crippen LogP contribution in [0.3, 0.4) is 0 Å². The lowest BCUT2D eigenvalue weighted by atomic mass is 9.78. The smallest absolute Gasteiger partial charge is 0.353 e. The number of rotatable bonds is 13. The van der Waals surface area contributed by atoms with E-state index in [0.717, 1.165) is 0 Å². The number of thioether (sulfide) groups is 1. The maximum Gasteiger partial charge on any atom is 0.353 e. The van der Waals surface area contributed by atoms with Gasteiger partial charge in [0.15, 0.2) is 0 Å². The van der Waals surface area contributed by atoms with E-state index in [0.29, 0.717) is 17.9 Å². The molecule has 4 rings (SSSR count). The molecule has 8 N–H and O–H groups in total. The van der Waals surface area contributed by atoms with Gasteiger partial charge < -0.3 is 35.5 Å². The van der Waals surface area contributed by atoms with Crippen molar-refractivity contribution >= 4 is 35.9 Å². The SMILES string of the molecule is C[C@@H](NC(O)CN1C=NNN1)C1C(=O)N2C(C(=O)O)=C(SC3CN[C@H](C(=O)N(CCO)CCO)C3)[C@H](C)C12. The third kappa shape index (κ3) is 5.61. The van der Waals surface area contributed by atoms with Gasteiger partial charge in [0.05, 0.1) is 37.8 Å². The summed E-state index contributed by atoms with van der Waals surface area (Å²) in [7, 11) is 0. The van der Waals surface area contributed by atoms with Crippen molar-refractivity contribution in [2.45, 2.75) is 49.9 Å². The van der Waals surface area contributed by atoms with Crippen LogP contribution in [0.15, 0.2) is 15.7 Å². The van der Waals surface area contributed by atoms with Gasteiger partial charge >= 0.3 is 5.97 Å². The minimum atomic E-state index is -1.17. The summed E-state index contributed by atoms with van der Waals surface area (Å²) in [6.07, 6.45) is 0.970. The molecule has 0 spiro atoms. The molecule has 4 aliphatic rings. The van der Waals surface area contributed by atoms with Gasteiger partial charge in [-0.1, -0.05) is 6.92 Å². The van der Waals surface area contributed by atoms with Crippen LogP contribution in [-0.4, -0.2) is 128 Å². The molecule has 212 valence electrons. The average molecular weight is 557 g/mol. The molecule has 4 heterocycles. The van der Waals surface area contributed by atoms with Crippen molar-refractivity contribution in [1.29, 1.82) is 0 Å². The fraction of sp³-hybridized carbons (Fsp3) is 0.727. The van der Waals surface area contributed by atoms with E-state index in [1.54, 1.807) is 6.92 Å². The van der Waals surface area contributed by atoms with Gasteiger partial charge in [-0.2, -0.15) is 5.10 Å². The second-order valence-electron chi connectivity index (χ2n) is 9.83. The van der Waals surface area contributed by atoms with Crippen molar-refractivity contribution in [2.75, 3.05) is 39.4 Å². The van der Waals surface area contributed by atoms with Crippen LogP contribution >= 0.6 is 11.8 Å². The van der Waals surface area contributed by atoms with Gasteiger partial charge in [0.1, 0.15) is 18.3 Å². The maximum absolute atomic E-state index is 13.1. The van der Waals surface area contributed by atoms with Gasteiger partial charge in [0.25, 0.3) is 0 Å². The quantitative estimate of drug-likeness (QED) is 0.0825. The standard InChI is InChI=1S/C22H36N8O7S/c1-11-17-16(12(2)25-15(33)9-29-10-24-26-27-29)21(35)30(17)18(22(36)37)19(11)38-13-7-14(23-8-13)20(34)28(3-5-31)4-6-32/h10-17,23,25-27,31-33H,3-9H2,1-2H3,(H,36,37)/t11-,12-,13?,14+,15?,16?,17?/m1/s1. The highest BCUT2D eigenvalue weighted by molar-refractivity contribution is 8.03. The second-order valence-corrected chi connectivity index (χ2v) is 11.2. The Morgan fingerprint density at radius 3 is 2.63 bits per heavy atom. The van der Waals surface area contributed by atoms with E-state index in [2.05, 4.69) is 26.8 Å². The largest absolute Gasteiger partial charge is 0.477 e. The summed E-state index contributed by atoms with van der Waals surface area (Å²) < 4.78 is 0. The molecule has 0 aromatic heterocycles. The molecule has 7 atom stereocenters. The van der Waals surface area contributed by atoms with Gasteiger partial charge in [-0.05, 0) is 13.3 Å². The second kappa shape index (κ2) is 12.1. The summed E-state index contributed by atoms with van der Waals surface area (Å²) in [6.45, 7) is 4.19. The molecule has 4 unspecified atom stereocenters. The number of amides is 2. The number of fused-ring (bicyclic) bond motifs is 1. The number of hydrogen-bond acceptors (Lipinski definition) is 13. The number of hydrazone groups is 1. The summed E-state index contributed by atoms with van der Waals surface area (Å²) in [6, 6.07) is -1.26. The minimum Gasteiger partial charge on any atom is -0.477 e. The number of carbonyl (C=O) groups excluding carboxylic acids is 2. The Balaban J connectivity index is 1.40. The Morgan fingerprint density at radius 1 is 1.32 bits per heavy atom. The van der Waals surface area contributed by atoms with E-state index in [4.69, 9.17) is 0 Å². The van der Waals surface area contributed by atoms with E-state index in [9.17, 15) is 34.8 Å². The van der Waals surface area contributed by atoms with E-state index < -0.39 is 30.2 Å². The third-order valence-electron chi connectivity index (χ3n) is 7.34. The molecule has 0 aliphatic carbocycles. The minimum absolute atomic E-state index is 0.0120. The normalized spacial score (nSPS) is 29.8. The van der Waals surface area contributed by atoms with Crippen LogP contribution in [0.1, 0.15) is 20.3 Å². The van der Waals surface area contributed by atoms with Crippen LogP contribution in [0, 0.1) is 11.8 Å². The van der Waals surface area contributed by atoms with Gasteiger partial charge in [0.2, 0.25) is 11.8 Å². The lowest BCUT2D eigenvalue weighted by molar-refractivity contribution is -0.158. The molecule has 0 aromatic carbocycles. The number of hydrazine groups is 2. The van der Waals surface area contributed by atoms with Gasteiger partial charge in [-0.3, -0.25) is 19.9 Å². The summed E-state index contributed by atoms with van der Waals surface area (Å²) in [5, 5.41) is 50.3. The van der Waals surface area contributed by atoms with Crippen molar-refractivity contribution in [2.24, 2.45) is 16.9 Å². The number of β-amino-alcohol motifs (C(OH)–C–C–N with tert-alkyl or cyclic N) is 1. The van der Waals surface area contributed by atoms with Gasteiger partial charge in [-0.25, -0.2) is 10.3 Å². The summed E-state index contributed by atoms with van der Waals surface area (Å²) in [5.74, 6) is -2.43. The van der Waals surface area contributed by atoms with Gasteiger partial charge in [-0.15, -0.1) is 17.3 Å². The molecule has 0 radical (unpaired) electrons. The van der Waals surface area contributed by atoms with Gasteiger partial charge in [0, 0.05) is 41.7 Å². The summed E-state index contributed by atoms with van der Waals surface area (Å²) in [4.78, 5) is 41.6. The number of carbonyl (C=O) groups is 3. The number of aliphatic carboxylic acids is 1. The molecular weight excluding hydrogens is 520 g/mol. The fourth-order valence-corrected chi connectivity index (χ4v) is 7.09. The number of carboxylic acid groups (broad SMARTS) is 1. The number of nitrogens with one attached hydrogen (secondary N) is 4. The first-order valence-electron chi connectivity index (χ1n) is 12.6.